The summed E-state index contributed by atoms with van der Waals surface area (Å²) in [4.78, 5) is 0. The van der Waals surface area contributed by atoms with Crippen LogP contribution < -0.4 is 0 Å². The van der Waals surface area contributed by atoms with Crippen LogP contribution >= 0.6 is 0 Å². The van der Waals surface area contributed by atoms with Gasteiger partial charge in [-0.3, -0.25) is 0 Å². The molecule has 0 unspecified atom stereocenters. The van der Waals surface area contributed by atoms with Gasteiger partial charge in [0.1, 0.15) is 0 Å². The van der Waals surface area contributed by atoms with E-state index in [0.717, 1.165) is 0 Å². The van der Waals surface area contributed by atoms with Crippen molar-refractivity contribution in [2.45, 2.75) is 0 Å². The second-order valence-electron chi connectivity index (χ2n) is 3.53. The first-order chi connectivity index (χ1) is 6.84. The molecule has 2 aliphatic carbocycles. The fourth-order valence-corrected chi connectivity index (χ4v) is 1.95. The molecule has 14 heavy (non-hydrogen) atoms. The molecule has 0 radical (unpaired) electrons. The van der Waals surface area contributed by atoms with Crippen LogP contribution in [0.4, 0.5) is 0 Å². The van der Waals surface area contributed by atoms with Gasteiger partial charge in [0, 0.05) is 0 Å². The van der Waals surface area contributed by atoms with Crippen LogP contribution in [0.1, 0.15) is 11.1 Å². The molecule has 1 aromatic rings. The zero-order chi connectivity index (χ0) is 9.54. The van der Waals surface area contributed by atoms with E-state index in [9.17, 15) is 0 Å². The monoisotopic (exact) mass is 179 g/mol. The first-order valence-electron chi connectivity index (χ1n) is 4.64. The lowest BCUT2D eigenvalue weighted by atomic mass is 9.97. The van der Waals surface area contributed by atoms with Gasteiger partial charge < -0.3 is 5.41 Å². The minimum Gasteiger partial charge on any atom is -0.301 e. The normalized spacial score (nSPS) is 17.3. The third kappa shape index (κ3) is 0.925. The van der Waals surface area contributed by atoms with Gasteiger partial charge in [0.15, 0.2) is 0 Å². The predicted molar refractivity (Wildman–Crippen MR) is 59.3 cm³/mol. The Balaban J connectivity index is 2.27. The molecule has 0 fully saturated rings. The van der Waals surface area contributed by atoms with Gasteiger partial charge in [-0.1, -0.05) is 30.3 Å². The summed E-state index contributed by atoms with van der Waals surface area (Å²) in [5.74, 6) is 0. The van der Waals surface area contributed by atoms with Crippen LogP contribution in [0.2, 0.25) is 0 Å². The van der Waals surface area contributed by atoms with E-state index in [1.807, 2.05) is 30.4 Å². The summed E-state index contributed by atoms with van der Waals surface area (Å²) in [6.07, 6.45) is 7.95. The Kier molecular flexibility index (Phi) is 1.37. The lowest BCUT2D eigenvalue weighted by Gasteiger charge is -2.07. The Hall–Kier alpha value is -1.89. The summed E-state index contributed by atoms with van der Waals surface area (Å²) in [7, 11) is 0. The molecule has 0 atom stereocenters. The average Bonchev–Trinajstić information content (AvgIpc) is 2.56. The van der Waals surface area contributed by atoms with Crippen LogP contribution in [0.5, 0.6) is 0 Å². The molecule has 0 bridgehead atoms. The Morgan fingerprint density at radius 1 is 0.929 bits per heavy atom. The molecule has 0 saturated heterocycles. The third-order valence-electron chi connectivity index (χ3n) is 2.62. The van der Waals surface area contributed by atoms with E-state index >= 15 is 0 Å². The highest BCUT2D eigenvalue weighted by Gasteiger charge is 2.18. The number of benzene rings is 1. The zero-order valence-electron chi connectivity index (χ0n) is 7.62. The highest BCUT2D eigenvalue weighted by Crippen LogP contribution is 2.37. The topological polar surface area (TPSA) is 23.9 Å². The fourth-order valence-electron chi connectivity index (χ4n) is 1.95. The molecule has 1 nitrogen and oxygen atoms in total. The van der Waals surface area contributed by atoms with Gasteiger partial charge in [0.25, 0.3) is 0 Å². The largest absolute Gasteiger partial charge is 0.301 e. The molecule has 0 aliphatic heterocycles. The first-order valence-corrected chi connectivity index (χ1v) is 4.64. The second kappa shape index (κ2) is 2.55. The highest BCUT2D eigenvalue weighted by molar-refractivity contribution is 6.15. The van der Waals surface area contributed by atoms with Crippen molar-refractivity contribution in [1.82, 2.24) is 0 Å². The smallest absolute Gasteiger partial charge is 0.0546 e. The third-order valence-corrected chi connectivity index (χ3v) is 2.62. The van der Waals surface area contributed by atoms with E-state index < -0.39 is 0 Å². The lowest BCUT2D eigenvalue weighted by Crippen LogP contribution is -1.95. The molecule has 0 saturated carbocycles. The number of nitrogens with one attached hydrogen (secondary N) is 1. The Bertz CT molecular complexity index is 516. The highest BCUT2D eigenvalue weighted by atomic mass is 14.4. The Morgan fingerprint density at radius 2 is 1.79 bits per heavy atom. The van der Waals surface area contributed by atoms with Crippen molar-refractivity contribution in [2.75, 3.05) is 0 Å². The lowest BCUT2D eigenvalue weighted by molar-refractivity contribution is 1.52. The van der Waals surface area contributed by atoms with E-state index in [1.54, 1.807) is 0 Å². The molecule has 0 aromatic heterocycles. The summed E-state index contributed by atoms with van der Waals surface area (Å²) in [5, 5.41) is 7.59. The fraction of sp³-hybridized carbons (Fsp3) is 0. The van der Waals surface area contributed by atoms with Crippen molar-refractivity contribution in [1.29, 1.82) is 5.41 Å². The molecule has 1 N–H and O–H groups in total. The van der Waals surface area contributed by atoms with Gasteiger partial charge in [0.2, 0.25) is 0 Å². The number of fused-ring (bicyclic) bond motifs is 3. The zero-order valence-corrected chi connectivity index (χ0v) is 7.62. The number of hydrogen-bond acceptors (Lipinski definition) is 1. The summed E-state index contributed by atoms with van der Waals surface area (Å²) < 4.78 is 0. The van der Waals surface area contributed by atoms with Gasteiger partial charge in [-0.25, -0.2) is 0 Å². The minimum absolute atomic E-state index is 0.578. The molecule has 66 valence electrons. The van der Waals surface area contributed by atoms with Crippen molar-refractivity contribution < 1.29 is 0 Å². The Morgan fingerprint density at radius 3 is 2.71 bits per heavy atom. The van der Waals surface area contributed by atoms with E-state index in [4.69, 9.17) is 5.41 Å². The van der Waals surface area contributed by atoms with E-state index in [0.29, 0.717) is 5.71 Å². The number of hydrogen-bond donors (Lipinski definition) is 1. The molecule has 3 rings (SSSR count). The van der Waals surface area contributed by atoms with Gasteiger partial charge in [-0.05, 0) is 40.5 Å². The standard InChI is InChI=1S/C13H9N/c14-11-6-5-10-7-9-3-1-2-4-12(9)13(10)8-11/h1-8,14H. The number of allylic oxidation sites excluding steroid dienone is 5. The summed E-state index contributed by atoms with van der Waals surface area (Å²) in [5.41, 5.74) is 5.49. The first kappa shape index (κ1) is 7.51. The molecule has 1 aromatic carbocycles. The quantitative estimate of drug-likeness (QED) is 0.633. The molecule has 0 amide bonds. The maximum absolute atomic E-state index is 7.59. The van der Waals surface area contributed by atoms with Crippen molar-refractivity contribution in [3.8, 4) is 0 Å². The Labute approximate surface area is 82.6 Å². The molecule has 2 aliphatic rings. The van der Waals surface area contributed by atoms with Crippen molar-refractivity contribution in [3.05, 3.63) is 59.2 Å². The summed E-state index contributed by atoms with van der Waals surface area (Å²) in [6.45, 7) is 0. The van der Waals surface area contributed by atoms with Crippen molar-refractivity contribution in [3.63, 3.8) is 0 Å². The van der Waals surface area contributed by atoms with Crippen LogP contribution in [0.3, 0.4) is 0 Å². The van der Waals surface area contributed by atoms with Crippen LogP contribution in [-0.4, -0.2) is 5.71 Å². The van der Waals surface area contributed by atoms with Crippen LogP contribution in [0.15, 0.2) is 48.1 Å². The summed E-state index contributed by atoms with van der Waals surface area (Å²) >= 11 is 0. The van der Waals surface area contributed by atoms with Gasteiger partial charge in [0.05, 0.1) is 5.71 Å². The number of rotatable bonds is 0. The van der Waals surface area contributed by atoms with Gasteiger partial charge in [-0.15, -0.1) is 0 Å². The molecular formula is C13H9N. The van der Waals surface area contributed by atoms with Crippen LogP contribution in [0, 0.1) is 5.41 Å². The summed E-state index contributed by atoms with van der Waals surface area (Å²) in [6, 6.07) is 8.30. The van der Waals surface area contributed by atoms with Crippen molar-refractivity contribution >= 4 is 17.4 Å². The SMILES string of the molecule is N=C1C=CC2=Cc3ccccc3C2=C1. The molecular weight excluding hydrogens is 170 g/mol. The van der Waals surface area contributed by atoms with Gasteiger partial charge in [-0.2, -0.15) is 0 Å². The molecule has 0 heterocycles. The minimum atomic E-state index is 0.578. The second-order valence-corrected chi connectivity index (χ2v) is 3.53. The maximum Gasteiger partial charge on any atom is 0.0546 e. The van der Waals surface area contributed by atoms with E-state index in [2.05, 4.69) is 18.2 Å². The molecule has 1 heteroatoms. The predicted octanol–water partition coefficient (Wildman–Crippen LogP) is 3.06. The molecule has 0 spiro atoms. The van der Waals surface area contributed by atoms with E-state index in [1.165, 1.54) is 22.3 Å². The van der Waals surface area contributed by atoms with Crippen molar-refractivity contribution in [2.24, 2.45) is 0 Å². The van der Waals surface area contributed by atoms with Gasteiger partial charge >= 0.3 is 0 Å². The average molecular weight is 179 g/mol. The van der Waals surface area contributed by atoms with Crippen LogP contribution in [-0.2, 0) is 0 Å². The van der Waals surface area contributed by atoms with E-state index in [-0.39, 0.29) is 0 Å². The van der Waals surface area contributed by atoms with Crippen LogP contribution in [0.25, 0.3) is 11.6 Å². The maximum atomic E-state index is 7.59.